The summed E-state index contributed by atoms with van der Waals surface area (Å²) < 4.78 is 11.2. The molecule has 0 aromatic carbocycles. The lowest BCUT2D eigenvalue weighted by atomic mass is 10.2. The van der Waals surface area contributed by atoms with Crippen molar-refractivity contribution in [1.82, 2.24) is 14.7 Å². The smallest absolute Gasteiger partial charge is 0.102 e. The van der Waals surface area contributed by atoms with E-state index in [4.69, 9.17) is 0 Å². The van der Waals surface area contributed by atoms with E-state index >= 15 is 0 Å². The maximum absolute atomic E-state index is 11.2. The zero-order valence-corrected chi connectivity index (χ0v) is 21.1. The summed E-state index contributed by atoms with van der Waals surface area (Å²) in [6.45, 7) is 19.2. The standard InChI is InChI=1S/C6H13N.C6H15N.C4H10FN.3C2H6/c1-7(2)5-6-3-4-6;1-6(2)5-7(3)4;1-6(2)4-3-5;3*1-2/h6H,3-5H2,1-2H3;6H,5H2,1-4H3;3-4H2,1-2H3;3*1-2H3. The minimum atomic E-state index is -0.243. The van der Waals surface area contributed by atoms with Crippen LogP contribution < -0.4 is 0 Å². The third-order valence-electron chi connectivity index (χ3n) is 2.58. The van der Waals surface area contributed by atoms with Gasteiger partial charge in [0.15, 0.2) is 0 Å². The van der Waals surface area contributed by atoms with Crippen LogP contribution >= 0.6 is 0 Å². The first kappa shape index (κ1) is 36.7. The zero-order valence-electron chi connectivity index (χ0n) is 21.1. The second kappa shape index (κ2) is 32.5. The van der Waals surface area contributed by atoms with E-state index in [1.807, 2.05) is 55.6 Å². The molecule has 3 nitrogen and oxygen atoms in total. The van der Waals surface area contributed by atoms with E-state index in [1.54, 1.807) is 4.90 Å². The van der Waals surface area contributed by atoms with Gasteiger partial charge in [-0.2, -0.15) is 0 Å². The Balaban J connectivity index is -0.0000000741. The van der Waals surface area contributed by atoms with Crippen LogP contribution in [0, 0.1) is 11.8 Å². The Hall–Kier alpha value is -0.190. The number of rotatable bonds is 6. The molecule has 0 saturated heterocycles. The van der Waals surface area contributed by atoms with Gasteiger partial charge in [0.25, 0.3) is 0 Å². The molecule has 0 spiro atoms. The molecule has 0 heterocycles. The number of hydrogen-bond donors (Lipinski definition) is 0. The zero-order chi connectivity index (χ0) is 22.1. The fourth-order valence-corrected chi connectivity index (χ4v) is 1.72. The summed E-state index contributed by atoms with van der Waals surface area (Å²) in [5, 5.41) is 0. The minimum Gasteiger partial charge on any atom is -0.309 e. The van der Waals surface area contributed by atoms with Crippen LogP contribution in [0.25, 0.3) is 0 Å². The van der Waals surface area contributed by atoms with Crippen LogP contribution in [-0.4, -0.2) is 83.3 Å². The van der Waals surface area contributed by atoms with Crippen LogP contribution in [-0.2, 0) is 0 Å². The lowest BCUT2D eigenvalue weighted by molar-refractivity contribution is 0.344. The molecule has 4 heteroatoms. The quantitative estimate of drug-likeness (QED) is 0.579. The first-order valence-electron chi connectivity index (χ1n) is 10.7. The molecule has 166 valence electrons. The summed E-state index contributed by atoms with van der Waals surface area (Å²) in [4.78, 5) is 6.27. The van der Waals surface area contributed by atoms with E-state index in [1.165, 1.54) is 25.9 Å². The normalized spacial score (nSPS) is 11.7. The Morgan fingerprint density at radius 1 is 0.731 bits per heavy atom. The number of hydrogen-bond acceptors (Lipinski definition) is 3. The lowest BCUT2D eigenvalue weighted by Gasteiger charge is -2.10. The van der Waals surface area contributed by atoms with Crippen molar-refractivity contribution >= 4 is 0 Å². The van der Waals surface area contributed by atoms with Gasteiger partial charge in [-0.1, -0.05) is 55.4 Å². The van der Waals surface area contributed by atoms with E-state index in [0.717, 1.165) is 11.8 Å². The lowest BCUT2D eigenvalue weighted by Crippen LogP contribution is -2.17. The Bertz CT molecular complexity index is 176. The second-order valence-corrected chi connectivity index (χ2v) is 6.85. The van der Waals surface area contributed by atoms with Gasteiger partial charge >= 0.3 is 0 Å². The van der Waals surface area contributed by atoms with Crippen LogP contribution in [0.1, 0.15) is 68.2 Å². The maximum atomic E-state index is 11.2. The number of alkyl halides is 1. The third-order valence-corrected chi connectivity index (χ3v) is 2.58. The van der Waals surface area contributed by atoms with Crippen molar-refractivity contribution in [2.24, 2.45) is 11.8 Å². The van der Waals surface area contributed by atoms with Crippen molar-refractivity contribution in [1.29, 1.82) is 0 Å². The molecule has 0 N–H and O–H groups in total. The van der Waals surface area contributed by atoms with Gasteiger partial charge in [-0.15, -0.1) is 0 Å². The van der Waals surface area contributed by atoms with E-state index in [0.29, 0.717) is 6.54 Å². The molecule has 1 aliphatic rings. The predicted molar refractivity (Wildman–Crippen MR) is 123 cm³/mol. The van der Waals surface area contributed by atoms with Crippen LogP contribution in [0.15, 0.2) is 0 Å². The van der Waals surface area contributed by atoms with Gasteiger partial charge in [-0.3, -0.25) is 0 Å². The molecule has 1 fully saturated rings. The maximum Gasteiger partial charge on any atom is 0.102 e. The van der Waals surface area contributed by atoms with E-state index in [9.17, 15) is 4.39 Å². The van der Waals surface area contributed by atoms with Crippen LogP contribution in [0.2, 0.25) is 0 Å². The van der Waals surface area contributed by atoms with Crippen molar-refractivity contribution < 1.29 is 4.39 Å². The molecule has 0 radical (unpaired) electrons. The summed E-state index contributed by atoms with van der Waals surface area (Å²) in [5.41, 5.74) is 0. The Morgan fingerprint density at radius 2 is 1.12 bits per heavy atom. The van der Waals surface area contributed by atoms with Crippen LogP contribution in [0.5, 0.6) is 0 Å². The number of nitrogens with zero attached hydrogens (tertiary/aromatic N) is 3. The highest BCUT2D eigenvalue weighted by atomic mass is 19.1. The van der Waals surface area contributed by atoms with Gasteiger partial charge in [0, 0.05) is 13.1 Å². The topological polar surface area (TPSA) is 9.72 Å². The average molecular weight is 382 g/mol. The van der Waals surface area contributed by atoms with E-state index < -0.39 is 0 Å². The molecule has 1 aliphatic carbocycles. The van der Waals surface area contributed by atoms with E-state index in [2.05, 4.69) is 51.8 Å². The molecule has 0 atom stereocenters. The highest BCUT2D eigenvalue weighted by Crippen LogP contribution is 2.28. The van der Waals surface area contributed by atoms with Crippen molar-refractivity contribution in [3.63, 3.8) is 0 Å². The van der Waals surface area contributed by atoms with E-state index in [-0.39, 0.29) is 6.67 Å². The van der Waals surface area contributed by atoms with Crippen LogP contribution in [0.4, 0.5) is 4.39 Å². The SMILES string of the molecule is CC.CC.CC.CC(C)CN(C)C.CN(C)CC1CC1.CN(C)CCF. The van der Waals surface area contributed by atoms with Gasteiger partial charge in [-0.25, -0.2) is 4.39 Å². The minimum absolute atomic E-state index is 0.243. The van der Waals surface area contributed by atoms with Gasteiger partial charge in [0.05, 0.1) is 0 Å². The Labute approximate surface area is 168 Å². The van der Waals surface area contributed by atoms with Crippen molar-refractivity contribution in [2.45, 2.75) is 68.2 Å². The van der Waals surface area contributed by atoms with Crippen molar-refractivity contribution in [2.75, 3.05) is 68.6 Å². The highest BCUT2D eigenvalue weighted by molar-refractivity contribution is 4.74. The fourth-order valence-electron chi connectivity index (χ4n) is 1.72. The average Bonchev–Trinajstić information content (AvgIpc) is 3.36. The van der Waals surface area contributed by atoms with Gasteiger partial charge in [0.2, 0.25) is 0 Å². The molecule has 1 rings (SSSR count). The molecule has 0 amide bonds. The second-order valence-electron chi connectivity index (χ2n) is 6.85. The van der Waals surface area contributed by atoms with Crippen molar-refractivity contribution in [3.05, 3.63) is 0 Å². The molecule has 1 saturated carbocycles. The summed E-state index contributed by atoms with van der Waals surface area (Å²) in [6, 6.07) is 0. The molecule has 26 heavy (non-hydrogen) atoms. The Morgan fingerprint density at radius 3 is 1.15 bits per heavy atom. The summed E-state index contributed by atoms with van der Waals surface area (Å²) in [5.74, 6) is 1.85. The largest absolute Gasteiger partial charge is 0.309 e. The summed E-state index contributed by atoms with van der Waals surface area (Å²) in [7, 11) is 12.2. The van der Waals surface area contributed by atoms with Gasteiger partial charge in [0.1, 0.15) is 6.67 Å². The molecular formula is C22H56FN3. The molecule has 0 aromatic rings. The Kier molecular flexibility index (Phi) is 45.8. The summed E-state index contributed by atoms with van der Waals surface area (Å²) in [6.07, 6.45) is 2.94. The van der Waals surface area contributed by atoms with Crippen molar-refractivity contribution in [3.8, 4) is 0 Å². The van der Waals surface area contributed by atoms with Gasteiger partial charge < -0.3 is 14.7 Å². The molecular weight excluding hydrogens is 325 g/mol. The summed E-state index contributed by atoms with van der Waals surface area (Å²) >= 11 is 0. The first-order valence-corrected chi connectivity index (χ1v) is 10.7. The first-order chi connectivity index (χ1) is 12.2. The molecule has 0 aliphatic heterocycles. The predicted octanol–water partition coefficient (Wildman–Crippen LogP) is 5.76. The molecule has 0 unspecified atom stereocenters. The highest BCUT2D eigenvalue weighted by Gasteiger charge is 2.20. The van der Waals surface area contributed by atoms with Crippen LogP contribution in [0.3, 0.4) is 0 Å². The molecule has 0 aromatic heterocycles. The molecule has 0 bridgehead atoms. The number of halogens is 1. The third kappa shape index (κ3) is 65.0. The fraction of sp³-hybridized carbons (Fsp3) is 1.00. The monoisotopic (exact) mass is 381 g/mol. The van der Waals surface area contributed by atoms with Gasteiger partial charge in [-0.05, 0) is 73.5 Å².